The summed E-state index contributed by atoms with van der Waals surface area (Å²) in [6, 6.07) is 13.9. The molecule has 0 aliphatic rings. The number of nitrogens with one attached hydrogen (secondary N) is 1. The van der Waals surface area contributed by atoms with Gasteiger partial charge < -0.3 is 9.73 Å². The Hall–Kier alpha value is -2.20. The molecule has 0 saturated heterocycles. The Kier molecular flexibility index (Phi) is 4.95. The summed E-state index contributed by atoms with van der Waals surface area (Å²) in [5, 5.41) is 4.00. The van der Waals surface area contributed by atoms with Crippen LogP contribution in [0.2, 0.25) is 0 Å². The molecular weight excluding hydrogens is 318 g/mol. The van der Waals surface area contributed by atoms with E-state index in [0.717, 1.165) is 39.3 Å². The fourth-order valence-corrected chi connectivity index (χ4v) is 3.50. The second-order valence-electron chi connectivity index (χ2n) is 5.62. The van der Waals surface area contributed by atoms with Gasteiger partial charge in [-0.05, 0) is 48.9 Å². The van der Waals surface area contributed by atoms with Crippen LogP contribution in [0.25, 0.3) is 11.0 Å². The molecular formula is C20H21NO2S. The number of furan rings is 1. The molecule has 0 aliphatic carbocycles. The summed E-state index contributed by atoms with van der Waals surface area (Å²) in [5.74, 6) is 1.14. The number of fused-ring (bicyclic) bond motifs is 1. The molecule has 1 heterocycles. The molecule has 0 atom stereocenters. The van der Waals surface area contributed by atoms with Crippen LogP contribution in [0, 0.1) is 6.92 Å². The van der Waals surface area contributed by atoms with Gasteiger partial charge in [-0.2, -0.15) is 0 Å². The van der Waals surface area contributed by atoms with Gasteiger partial charge in [0.2, 0.25) is 0 Å². The highest BCUT2D eigenvalue weighted by Gasteiger charge is 2.18. The van der Waals surface area contributed by atoms with Gasteiger partial charge in [0.25, 0.3) is 5.91 Å². The fourth-order valence-electron chi connectivity index (χ4n) is 2.73. The van der Waals surface area contributed by atoms with Gasteiger partial charge in [0, 0.05) is 15.8 Å². The third kappa shape index (κ3) is 3.20. The van der Waals surface area contributed by atoms with Gasteiger partial charge in [0.15, 0.2) is 5.76 Å². The van der Waals surface area contributed by atoms with Crippen LogP contribution >= 0.6 is 11.8 Å². The van der Waals surface area contributed by atoms with E-state index in [4.69, 9.17) is 4.42 Å². The summed E-state index contributed by atoms with van der Waals surface area (Å²) >= 11 is 1.71. The average Bonchev–Trinajstić information content (AvgIpc) is 2.93. The minimum absolute atomic E-state index is 0.203. The molecule has 3 aromatic rings. The second-order valence-corrected chi connectivity index (χ2v) is 6.93. The number of carbonyl (C=O) groups is 1. The van der Waals surface area contributed by atoms with Crippen LogP contribution in [-0.2, 0) is 6.42 Å². The van der Waals surface area contributed by atoms with Crippen LogP contribution in [0.5, 0.6) is 0 Å². The Morgan fingerprint density at radius 2 is 1.96 bits per heavy atom. The van der Waals surface area contributed by atoms with Crippen LogP contribution in [0.4, 0.5) is 5.69 Å². The molecule has 24 heavy (non-hydrogen) atoms. The number of anilines is 1. The number of para-hydroxylation sites is 1. The molecule has 0 bridgehead atoms. The maximum absolute atomic E-state index is 12.7. The van der Waals surface area contributed by atoms with E-state index in [-0.39, 0.29) is 5.91 Å². The Morgan fingerprint density at radius 1 is 1.17 bits per heavy atom. The number of carbonyl (C=O) groups excluding carboxylic acids is 1. The van der Waals surface area contributed by atoms with Crippen molar-refractivity contribution in [3.05, 3.63) is 59.4 Å². The smallest absolute Gasteiger partial charge is 0.291 e. The lowest BCUT2D eigenvalue weighted by atomic mass is 10.1. The Morgan fingerprint density at radius 3 is 2.71 bits per heavy atom. The first-order valence-electron chi connectivity index (χ1n) is 8.19. The van der Waals surface area contributed by atoms with E-state index in [0.29, 0.717) is 5.76 Å². The van der Waals surface area contributed by atoms with E-state index in [1.165, 1.54) is 5.56 Å². The first-order chi connectivity index (χ1) is 11.6. The van der Waals surface area contributed by atoms with E-state index in [2.05, 4.69) is 25.2 Å². The lowest BCUT2D eigenvalue weighted by Crippen LogP contribution is -2.12. The number of aryl methyl sites for hydroxylation is 2. The summed E-state index contributed by atoms with van der Waals surface area (Å²) < 4.78 is 5.81. The quantitative estimate of drug-likeness (QED) is 0.609. The second kappa shape index (κ2) is 7.14. The maximum atomic E-state index is 12.7. The number of thioether (sulfide) groups is 1. The zero-order valence-corrected chi connectivity index (χ0v) is 15.0. The van der Waals surface area contributed by atoms with Crippen molar-refractivity contribution in [2.75, 3.05) is 11.1 Å². The van der Waals surface area contributed by atoms with Crippen molar-refractivity contribution >= 4 is 34.3 Å². The Balaban J connectivity index is 1.93. The molecule has 2 aromatic carbocycles. The van der Waals surface area contributed by atoms with Crippen LogP contribution in [0.3, 0.4) is 0 Å². The number of hydrogen-bond donors (Lipinski definition) is 1. The highest BCUT2D eigenvalue weighted by atomic mass is 32.2. The number of rotatable bonds is 5. The monoisotopic (exact) mass is 339 g/mol. The SMILES string of the molecule is CCSc1ccccc1NC(=O)c1oc2ccc(CC)cc2c1C. The fraction of sp³-hybridized carbons (Fsp3) is 0.250. The average molecular weight is 339 g/mol. The molecule has 124 valence electrons. The number of hydrogen-bond acceptors (Lipinski definition) is 3. The summed E-state index contributed by atoms with van der Waals surface area (Å²) in [5.41, 5.74) is 3.70. The zero-order chi connectivity index (χ0) is 17.1. The molecule has 1 amide bonds. The van der Waals surface area contributed by atoms with E-state index < -0.39 is 0 Å². The van der Waals surface area contributed by atoms with E-state index in [9.17, 15) is 4.79 Å². The first-order valence-corrected chi connectivity index (χ1v) is 9.17. The van der Waals surface area contributed by atoms with Crippen LogP contribution in [-0.4, -0.2) is 11.7 Å². The van der Waals surface area contributed by atoms with Crippen molar-refractivity contribution in [2.24, 2.45) is 0 Å². The van der Waals surface area contributed by atoms with Crippen LogP contribution < -0.4 is 5.32 Å². The van der Waals surface area contributed by atoms with Crippen molar-refractivity contribution < 1.29 is 9.21 Å². The number of amides is 1. The van der Waals surface area contributed by atoms with E-state index in [1.807, 2.05) is 43.3 Å². The first kappa shape index (κ1) is 16.7. The van der Waals surface area contributed by atoms with Gasteiger partial charge in [0.05, 0.1) is 5.69 Å². The lowest BCUT2D eigenvalue weighted by Gasteiger charge is -2.09. The third-order valence-electron chi connectivity index (χ3n) is 4.05. The highest BCUT2D eigenvalue weighted by Crippen LogP contribution is 2.30. The highest BCUT2D eigenvalue weighted by molar-refractivity contribution is 7.99. The Labute approximate surface area is 146 Å². The van der Waals surface area contributed by atoms with Crippen molar-refractivity contribution in [1.82, 2.24) is 0 Å². The summed E-state index contributed by atoms with van der Waals surface area (Å²) in [6.45, 7) is 6.15. The van der Waals surface area contributed by atoms with Gasteiger partial charge in [-0.15, -0.1) is 11.8 Å². The molecule has 3 rings (SSSR count). The lowest BCUT2D eigenvalue weighted by molar-refractivity contribution is 0.0997. The molecule has 0 radical (unpaired) electrons. The van der Waals surface area contributed by atoms with Gasteiger partial charge in [-0.3, -0.25) is 4.79 Å². The molecule has 1 aromatic heterocycles. The molecule has 0 unspecified atom stereocenters. The standard InChI is InChI=1S/C20H21NO2S/c1-4-14-10-11-17-15(12-14)13(3)19(23-17)20(22)21-16-8-6-7-9-18(16)24-5-2/h6-12H,4-5H2,1-3H3,(H,21,22). The molecule has 0 saturated carbocycles. The summed E-state index contributed by atoms with van der Waals surface area (Å²) in [4.78, 5) is 13.8. The van der Waals surface area contributed by atoms with Crippen molar-refractivity contribution in [3.63, 3.8) is 0 Å². The van der Waals surface area contributed by atoms with E-state index in [1.54, 1.807) is 11.8 Å². The minimum Gasteiger partial charge on any atom is -0.451 e. The van der Waals surface area contributed by atoms with Gasteiger partial charge in [-0.1, -0.05) is 32.0 Å². The predicted octanol–water partition coefficient (Wildman–Crippen LogP) is 5.67. The van der Waals surface area contributed by atoms with Crippen molar-refractivity contribution in [1.29, 1.82) is 0 Å². The van der Waals surface area contributed by atoms with E-state index >= 15 is 0 Å². The predicted molar refractivity (Wildman–Crippen MR) is 101 cm³/mol. The van der Waals surface area contributed by atoms with Gasteiger partial charge >= 0.3 is 0 Å². The normalized spacial score (nSPS) is 11.0. The zero-order valence-electron chi connectivity index (χ0n) is 14.2. The van der Waals surface area contributed by atoms with Crippen LogP contribution in [0.1, 0.15) is 35.5 Å². The summed E-state index contributed by atoms with van der Waals surface area (Å²) in [7, 11) is 0. The largest absolute Gasteiger partial charge is 0.451 e. The topological polar surface area (TPSA) is 42.2 Å². The molecule has 4 heteroatoms. The number of benzene rings is 2. The van der Waals surface area contributed by atoms with Crippen LogP contribution in [0.15, 0.2) is 51.8 Å². The van der Waals surface area contributed by atoms with Gasteiger partial charge in [-0.25, -0.2) is 0 Å². The summed E-state index contributed by atoms with van der Waals surface area (Å²) in [6.07, 6.45) is 0.962. The minimum atomic E-state index is -0.203. The van der Waals surface area contributed by atoms with Crippen molar-refractivity contribution in [3.8, 4) is 0 Å². The molecule has 0 fully saturated rings. The van der Waals surface area contributed by atoms with Crippen molar-refractivity contribution in [2.45, 2.75) is 32.1 Å². The molecule has 3 nitrogen and oxygen atoms in total. The maximum Gasteiger partial charge on any atom is 0.291 e. The third-order valence-corrected chi connectivity index (χ3v) is 5.01. The molecule has 0 aliphatic heterocycles. The Bertz CT molecular complexity index is 882. The van der Waals surface area contributed by atoms with Gasteiger partial charge in [0.1, 0.15) is 5.58 Å². The molecule has 1 N–H and O–H groups in total. The molecule has 0 spiro atoms.